The van der Waals surface area contributed by atoms with Crippen molar-refractivity contribution < 1.29 is 9.18 Å². The molecule has 0 fully saturated rings. The molecule has 0 saturated carbocycles. The second kappa shape index (κ2) is 8.88. The highest BCUT2D eigenvalue weighted by Gasteiger charge is 2.38. The van der Waals surface area contributed by atoms with Crippen molar-refractivity contribution in [2.24, 2.45) is 0 Å². The summed E-state index contributed by atoms with van der Waals surface area (Å²) in [6.45, 7) is 1.90. The summed E-state index contributed by atoms with van der Waals surface area (Å²) in [5, 5.41) is 12.1. The Morgan fingerprint density at radius 3 is 2.61 bits per heavy atom. The maximum absolute atomic E-state index is 13.6. The third-order valence-corrected chi connectivity index (χ3v) is 6.86. The number of halogens is 2. The van der Waals surface area contributed by atoms with E-state index in [4.69, 9.17) is 11.6 Å². The summed E-state index contributed by atoms with van der Waals surface area (Å²) in [5.74, 6) is 0.0742. The van der Waals surface area contributed by atoms with Crippen LogP contribution in [0.3, 0.4) is 0 Å². The topological polar surface area (TPSA) is 71.8 Å². The number of anilines is 1. The molecule has 0 aliphatic carbocycles. The summed E-state index contributed by atoms with van der Waals surface area (Å²) in [6, 6.07) is 20.7. The molecule has 1 aromatic heterocycles. The van der Waals surface area contributed by atoms with E-state index in [1.165, 1.54) is 23.9 Å². The standard InChI is InChI=1S/C24H19ClFN5OS/c1-14-7-10-17(25)13-19(14)27-23(32)21-20(15-8-11-18(26)12-9-15)30-31-22(28-29-24(31)33-21)16-5-3-2-4-6-16/h2-13,20-21,30H,1H3,(H,27,32)/t20-,21+/m1/s1. The number of thioether (sulfide) groups is 1. The SMILES string of the molecule is Cc1ccc(Cl)cc1NC(=O)[C@H]1Sc2nnc(-c3ccccc3)n2N[C@@H]1c1ccc(F)cc1. The van der Waals surface area contributed by atoms with Crippen LogP contribution < -0.4 is 10.7 Å². The Kier molecular flexibility index (Phi) is 5.78. The molecule has 2 atom stereocenters. The lowest BCUT2D eigenvalue weighted by atomic mass is 10.0. The number of hydrogen-bond acceptors (Lipinski definition) is 5. The van der Waals surface area contributed by atoms with Crippen molar-refractivity contribution >= 4 is 35.0 Å². The van der Waals surface area contributed by atoms with Crippen molar-refractivity contribution in [3.63, 3.8) is 0 Å². The molecule has 1 amide bonds. The van der Waals surface area contributed by atoms with Crippen LogP contribution in [0.4, 0.5) is 10.1 Å². The number of carbonyl (C=O) groups excluding carboxylic acids is 1. The first-order chi connectivity index (χ1) is 16.0. The normalized spacial score (nSPS) is 17.2. The van der Waals surface area contributed by atoms with Gasteiger partial charge in [0.05, 0.1) is 6.04 Å². The van der Waals surface area contributed by atoms with Crippen LogP contribution in [0.1, 0.15) is 17.2 Å². The molecule has 0 spiro atoms. The predicted octanol–water partition coefficient (Wildman–Crippen LogP) is 5.44. The van der Waals surface area contributed by atoms with Crippen LogP contribution in [-0.4, -0.2) is 26.0 Å². The first-order valence-electron chi connectivity index (χ1n) is 10.3. The van der Waals surface area contributed by atoms with E-state index in [-0.39, 0.29) is 11.7 Å². The Morgan fingerprint density at radius 2 is 1.85 bits per heavy atom. The van der Waals surface area contributed by atoms with Gasteiger partial charge in [0.1, 0.15) is 11.1 Å². The lowest BCUT2D eigenvalue weighted by molar-refractivity contribution is -0.116. The number of aromatic nitrogens is 3. The van der Waals surface area contributed by atoms with Gasteiger partial charge in [-0.05, 0) is 42.3 Å². The first kappa shape index (κ1) is 21.5. The van der Waals surface area contributed by atoms with Crippen molar-refractivity contribution in [3.05, 3.63) is 94.8 Å². The highest BCUT2D eigenvalue weighted by atomic mass is 35.5. The molecule has 4 aromatic rings. The lowest BCUT2D eigenvalue weighted by Crippen LogP contribution is -2.41. The molecule has 3 aromatic carbocycles. The third kappa shape index (κ3) is 4.31. The molecule has 0 unspecified atom stereocenters. The molecule has 166 valence electrons. The average Bonchev–Trinajstić information content (AvgIpc) is 3.25. The first-order valence-corrected chi connectivity index (χ1v) is 11.5. The quantitative estimate of drug-likeness (QED) is 0.407. The molecule has 2 N–H and O–H groups in total. The van der Waals surface area contributed by atoms with E-state index in [1.54, 1.807) is 28.9 Å². The summed E-state index contributed by atoms with van der Waals surface area (Å²) in [7, 11) is 0. The van der Waals surface area contributed by atoms with Gasteiger partial charge in [-0.15, -0.1) is 10.2 Å². The van der Waals surface area contributed by atoms with Gasteiger partial charge in [-0.2, -0.15) is 0 Å². The second-order valence-corrected chi connectivity index (χ2v) is 9.20. The van der Waals surface area contributed by atoms with E-state index in [9.17, 15) is 9.18 Å². The Balaban J connectivity index is 1.52. The highest BCUT2D eigenvalue weighted by molar-refractivity contribution is 8.00. The fraction of sp³-hybridized carbons (Fsp3) is 0.125. The Bertz CT molecular complexity index is 1310. The molecule has 1 aliphatic heterocycles. The van der Waals surface area contributed by atoms with Gasteiger partial charge in [-0.25, -0.2) is 9.07 Å². The minimum absolute atomic E-state index is 0.220. The summed E-state index contributed by atoms with van der Waals surface area (Å²) >= 11 is 7.43. The van der Waals surface area contributed by atoms with Crippen LogP contribution in [-0.2, 0) is 4.79 Å². The zero-order valence-corrected chi connectivity index (χ0v) is 19.1. The maximum atomic E-state index is 13.6. The summed E-state index contributed by atoms with van der Waals surface area (Å²) in [6.07, 6.45) is 0. The molecule has 0 radical (unpaired) electrons. The van der Waals surface area contributed by atoms with Crippen LogP contribution in [0.2, 0.25) is 5.02 Å². The molecule has 9 heteroatoms. The molecule has 1 aliphatic rings. The number of rotatable bonds is 4. The number of nitrogens with zero attached hydrogens (tertiary/aromatic N) is 3. The fourth-order valence-electron chi connectivity index (χ4n) is 3.68. The van der Waals surface area contributed by atoms with E-state index in [0.717, 1.165) is 16.7 Å². The summed E-state index contributed by atoms with van der Waals surface area (Å²) in [4.78, 5) is 13.4. The van der Waals surface area contributed by atoms with Crippen molar-refractivity contribution in [2.45, 2.75) is 23.4 Å². The third-order valence-electron chi connectivity index (χ3n) is 5.41. The lowest BCUT2D eigenvalue weighted by Gasteiger charge is -2.33. The van der Waals surface area contributed by atoms with Crippen LogP contribution >= 0.6 is 23.4 Å². The summed E-state index contributed by atoms with van der Waals surface area (Å²) < 4.78 is 15.4. The van der Waals surface area contributed by atoms with E-state index >= 15 is 0 Å². The number of amides is 1. The van der Waals surface area contributed by atoms with Crippen molar-refractivity contribution in [1.29, 1.82) is 0 Å². The van der Waals surface area contributed by atoms with Crippen molar-refractivity contribution in [1.82, 2.24) is 14.9 Å². The Labute approximate surface area is 199 Å². The van der Waals surface area contributed by atoms with Crippen molar-refractivity contribution in [2.75, 3.05) is 10.7 Å². The Morgan fingerprint density at radius 1 is 1.09 bits per heavy atom. The van der Waals surface area contributed by atoms with Crippen LogP contribution in [0, 0.1) is 12.7 Å². The number of nitrogens with one attached hydrogen (secondary N) is 2. The number of hydrogen-bond donors (Lipinski definition) is 2. The van der Waals surface area contributed by atoms with Gasteiger partial charge in [-0.1, -0.05) is 71.9 Å². The van der Waals surface area contributed by atoms with E-state index in [2.05, 4.69) is 20.9 Å². The molecule has 2 heterocycles. The number of fused-ring (bicyclic) bond motifs is 1. The molecule has 33 heavy (non-hydrogen) atoms. The molecule has 0 saturated heterocycles. The molecule has 6 nitrogen and oxygen atoms in total. The van der Waals surface area contributed by atoms with Gasteiger partial charge >= 0.3 is 0 Å². The highest BCUT2D eigenvalue weighted by Crippen LogP contribution is 2.39. The zero-order valence-electron chi connectivity index (χ0n) is 17.5. The minimum Gasteiger partial charge on any atom is -0.325 e. The van der Waals surface area contributed by atoms with E-state index in [0.29, 0.717) is 21.7 Å². The monoisotopic (exact) mass is 479 g/mol. The summed E-state index contributed by atoms with van der Waals surface area (Å²) in [5.41, 5.74) is 6.58. The maximum Gasteiger partial charge on any atom is 0.240 e. The number of aryl methyl sites for hydroxylation is 1. The van der Waals surface area contributed by atoms with E-state index < -0.39 is 11.3 Å². The minimum atomic E-state index is -0.589. The largest absolute Gasteiger partial charge is 0.325 e. The van der Waals surface area contributed by atoms with Gasteiger partial charge in [0.15, 0.2) is 5.82 Å². The average molecular weight is 480 g/mol. The molecular weight excluding hydrogens is 461 g/mol. The number of carbonyl (C=O) groups is 1. The molecule has 5 rings (SSSR count). The van der Waals surface area contributed by atoms with Gasteiger partial charge in [0.2, 0.25) is 11.1 Å². The van der Waals surface area contributed by atoms with Crippen LogP contribution in [0.25, 0.3) is 11.4 Å². The van der Waals surface area contributed by atoms with Gasteiger partial charge in [0.25, 0.3) is 0 Å². The second-order valence-electron chi connectivity index (χ2n) is 7.65. The van der Waals surface area contributed by atoms with Gasteiger partial charge < -0.3 is 10.7 Å². The Hall–Kier alpha value is -3.36. The van der Waals surface area contributed by atoms with Crippen LogP contribution in [0.5, 0.6) is 0 Å². The predicted molar refractivity (Wildman–Crippen MR) is 128 cm³/mol. The van der Waals surface area contributed by atoms with Crippen LogP contribution in [0.15, 0.2) is 78.0 Å². The zero-order chi connectivity index (χ0) is 22.9. The fourth-order valence-corrected chi connectivity index (χ4v) is 4.93. The van der Waals surface area contributed by atoms with Crippen molar-refractivity contribution in [3.8, 4) is 11.4 Å². The molecular formula is C24H19ClFN5OS. The molecule has 0 bridgehead atoms. The van der Waals surface area contributed by atoms with Gasteiger partial charge in [0, 0.05) is 16.3 Å². The van der Waals surface area contributed by atoms with E-state index in [1.807, 2.05) is 43.3 Å². The smallest absolute Gasteiger partial charge is 0.240 e. The number of benzene rings is 3. The van der Waals surface area contributed by atoms with Gasteiger partial charge in [-0.3, -0.25) is 4.79 Å².